The molecule has 5 heteroatoms. The molecule has 0 bridgehead atoms. The van der Waals surface area contributed by atoms with Gasteiger partial charge in [0, 0.05) is 35.1 Å². The average Bonchev–Trinajstić information content (AvgIpc) is 2.88. The van der Waals surface area contributed by atoms with Gasteiger partial charge in [-0.1, -0.05) is 51.4 Å². The summed E-state index contributed by atoms with van der Waals surface area (Å²) < 4.78 is 2.20. The fourth-order valence-corrected chi connectivity index (χ4v) is 5.33. The van der Waals surface area contributed by atoms with Crippen LogP contribution in [0, 0.1) is 0 Å². The summed E-state index contributed by atoms with van der Waals surface area (Å²) in [4.78, 5) is 6.85. The zero-order valence-corrected chi connectivity index (χ0v) is 18.4. The molecule has 3 nitrogen and oxygen atoms in total. The summed E-state index contributed by atoms with van der Waals surface area (Å²) in [6, 6.07) is 2.91. The lowest BCUT2D eigenvalue weighted by atomic mass is 10.3. The van der Waals surface area contributed by atoms with Crippen LogP contribution in [0.2, 0.25) is 51.4 Å². The van der Waals surface area contributed by atoms with Crippen LogP contribution in [0.5, 0.6) is 0 Å². The monoisotopic (exact) mass is 353 g/mol. The van der Waals surface area contributed by atoms with Crippen molar-refractivity contribution in [3.63, 3.8) is 0 Å². The third kappa shape index (κ3) is 11.7. The first-order valence-electron chi connectivity index (χ1n) is 9.34. The molecule has 1 aromatic rings. The van der Waals surface area contributed by atoms with E-state index in [9.17, 15) is 0 Å². The average molecular weight is 354 g/mol. The molecule has 0 aliphatic rings. The zero-order valence-electron chi connectivity index (χ0n) is 16.4. The molecule has 1 aromatic heterocycles. The van der Waals surface area contributed by atoms with Crippen molar-refractivity contribution in [1.29, 1.82) is 0 Å². The first-order valence-corrected chi connectivity index (χ1v) is 16.8. The lowest BCUT2D eigenvalue weighted by Gasteiger charge is -2.25. The summed E-state index contributed by atoms with van der Waals surface area (Å²) in [5, 5.41) is 0. The van der Waals surface area contributed by atoms with Gasteiger partial charge in [0.1, 0.15) is 0 Å². The van der Waals surface area contributed by atoms with Crippen LogP contribution in [0.4, 0.5) is 0 Å². The molecule has 0 spiro atoms. The molecule has 0 unspecified atom stereocenters. The molecule has 0 aliphatic carbocycles. The van der Waals surface area contributed by atoms with Gasteiger partial charge in [-0.05, 0) is 38.9 Å². The predicted octanol–water partition coefficient (Wildman–Crippen LogP) is 5.03. The second kappa shape index (κ2) is 9.79. The molecule has 23 heavy (non-hydrogen) atoms. The van der Waals surface area contributed by atoms with E-state index in [1.54, 1.807) is 0 Å². The van der Waals surface area contributed by atoms with Gasteiger partial charge in [0.15, 0.2) is 0 Å². The Balaban J connectivity index is 2.33. The van der Waals surface area contributed by atoms with Crippen molar-refractivity contribution < 1.29 is 0 Å². The van der Waals surface area contributed by atoms with Crippen molar-refractivity contribution in [3.8, 4) is 0 Å². The number of aromatic nitrogens is 2. The van der Waals surface area contributed by atoms with Crippen LogP contribution in [0.3, 0.4) is 0 Å². The highest BCUT2D eigenvalue weighted by Crippen LogP contribution is 2.14. The van der Waals surface area contributed by atoms with Crippen LogP contribution < -0.4 is 0 Å². The highest BCUT2D eigenvalue weighted by molar-refractivity contribution is 6.76. The van der Waals surface area contributed by atoms with Crippen LogP contribution in [-0.2, 0) is 6.54 Å². The van der Waals surface area contributed by atoms with E-state index >= 15 is 0 Å². The van der Waals surface area contributed by atoms with Crippen molar-refractivity contribution in [2.75, 3.05) is 19.6 Å². The number of rotatable bonds is 12. The minimum Gasteiger partial charge on any atom is -0.337 e. The van der Waals surface area contributed by atoms with Gasteiger partial charge < -0.3 is 9.47 Å². The topological polar surface area (TPSA) is 21.1 Å². The van der Waals surface area contributed by atoms with Crippen molar-refractivity contribution in [3.05, 3.63) is 18.7 Å². The van der Waals surface area contributed by atoms with Crippen molar-refractivity contribution in [1.82, 2.24) is 14.5 Å². The highest BCUT2D eigenvalue weighted by atomic mass is 28.3. The Labute approximate surface area is 146 Å². The van der Waals surface area contributed by atoms with Crippen molar-refractivity contribution >= 4 is 16.1 Å². The molecule has 0 N–H and O–H groups in total. The van der Waals surface area contributed by atoms with Gasteiger partial charge in [-0.25, -0.2) is 4.98 Å². The SMILES string of the molecule is C[Si](C)(C)CCCN(CCCn1ccnc1)CCC[Si](C)(C)C. The lowest BCUT2D eigenvalue weighted by Crippen LogP contribution is -2.31. The quantitative estimate of drug-likeness (QED) is 0.491. The van der Waals surface area contributed by atoms with Gasteiger partial charge in [0.05, 0.1) is 6.33 Å². The molecule has 1 rings (SSSR count). The highest BCUT2D eigenvalue weighted by Gasteiger charge is 2.15. The Kier molecular flexibility index (Phi) is 8.79. The summed E-state index contributed by atoms with van der Waals surface area (Å²) >= 11 is 0. The van der Waals surface area contributed by atoms with E-state index in [-0.39, 0.29) is 0 Å². The number of imidazole rings is 1. The van der Waals surface area contributed by atoms with E-state index in [4.69, 9.17) is 0 Å². The van der Waals surface area contributed by atoms with E-state index in [2.05, 4.69) is 59.9 Å². The molecular formula is C18H39N3Si2. The molecule has 0 atom stereocenters. The van der Waals surface area contributed by atoms with E-state index in [1.807, 2.05) is 12.5 Å². The molecule has 0 fully saturated rings. The summed E-state index contributed by atoms with van der Waals surface area (Å²) in [7, 11) is -1.78. The van der Waals surface area contributed by atoms with E-state index < -0.39 is 16.1 Å². The smallest absolute Gasteiger partial charge is 0.0945 e. The normalized spacial score (nSPS) is 13.0. The Morgan fingerprint density at radius 3 is 1.78 bits per heavy atom. The molecule has 0 saturated carbocycles. The molecular weight excluding hydrogens is 314 g/mol. The Morgan fingerprint density at radius 1 is 0.826 bits per heavy atom. The molecule has 0 aliphatic heterocycles. The summed E-state index contributed by atoms with van der Waals surface area (Å²) in [6.45, 7) is 19.8. The molecule has 0 radical (unpaired) electrons. The maximum Gasteiger partial charge on any atom is 0.0945 e. The van der Waals surface area contributed by atoms with Crippen LogP contribution in [-0.4, -0.2) is 50.2 Å². The third-order valence-corrected chi connectivity index (χ3v) is 7.96. The Morgan fingerprint density at radius 2 is 1.35 bits per heavy atom. The first kappa shape index (κ1) is 20.6. The molecule has 134 valence electrons. The molecule has 0 aromatic carbocycles. The molecule has 0 amide bonds. The Hall–Kier alpha value is -0.396. The minimum atomic E-state index is -0.892. The van der Waals surface area contributed by atoms with Gasteiger partial charge in [-0.2, -0.15) is 0 Å². The van der Waals surface area contributed by atoms with Gasteiger partial charge in [-0.15, -0.1) is 0 Å². The zero-order chi connectivity index (χ0) is 17.3. The van der Waals surface area contributed by atoms with Crippen molar-refractivity contribution in [2.45, 2.75) is 77.2 Å². The van der Waals surface area contributed by atoms with Crippen molar-refractivity contribution in [2.24, 2.45) is 0 Å². The number of hydrogen-bond donors (Lipinski definition) is 0. The van der Waals surface area contributed by atoms with Gasteiger partial charge in [-0.3, -0.25) is 0 Å². The van der Waals surface area contributed by atoms with Gasteiger partial charge in [0.25, 0.3) is 0 Å². The third-order valence-electron chi connectivity index (χ3n) is 4.25. The van der Waals surface area contributed by atoms with Crippen LogP contribution in [0.1, 0.15) is 19.3 Å². The standard InChI is InChI=1S/C18H39N3Si2/c1-22(2,3)16-8-13-20(14-9-17-23(4,5)6)11-7-12-21-15-10-19-18-21/h10,15,18H,7-9,11-14,16-17H2,1-6H3. The fourth-order valence-electron chi connectivity index (χ4n) is 2.90. The van der Waals surface area contributed by atoms with Crippen LogP contribution in [0.25, 0.3) is 0 Å². The fraction of sp³-hybridized carbons (Fsp3) is 0.833. The second-order valence-corrected chi connectivity index (χ2v) is 20.6. The number of aryl methyl sites for hydroxylation is 1. The predicted molar refractivity (Wildman–Crippen MR) is 109 cm³/mol. The lowest BCUT2D eigenvalue weighted by molar-refractivity contribution is 0.265. The molecule has 0 saturated heterocycles. The van der Waals surface area contributed by atoms with Crippen LogP contribution in [0.15, 0.2) is 18.7 Å². The summed E-state index contributed by atoms with van der Waals surface area (Å²) in [5.74, 6) is 0. The van der Waals surface area contributed by atoms with E-state index in [0.29, 0.717) is 0 Å². The minimum absolute atomic E-state index is 0.892. The largest absolute Gasteiger partial charge is 0.337 e. The summed E-state index contributed by atoms with van der Waals surface area (Å²) in [6.07, 6.45) is 9.87. The van der Waals surface area contributed by atoms with Gasteiger partial charge in [0.2, 0.25) is 0 Å². The van der Waals surface area contributed by atoms with E-state index in [0.717, 1.165) is 6.54 Å². The number of nitrogens with zero attached hydrogens (tertiary/aromatic N) is 3. The number of hydrogen-bond acceptors (Lipinski definition) is 2. The first-order chi connectivity index (χ1) is 10.7. The van der Waals surface area contributed by atoms with Gasteiger partial charge >= 0.3 is 0 Å². The van der Waals surface area contributed by atoms with Crippen LogP contribution >= 0.6 is 0 Å². The van der Waals surface area contributed by atoms with E-state index in [1.165, 1.54) is 51.0 Å². The Bertz CT molecular complexity index is 385. The maximum atomic E-state index is 4.13. The second-order valence-electron chi connectivity index (χ2n) is 9.32. The molecule has 1 heterocycles. The maximum absolute atomic E-state index is 4.13. The summed E-state index contributed by atoms with van der Waals surface area (Å²) in [5.41, 5.74) is 0.